The Bertz CT molecular complexity index is 1040. The third-order valence-electron chi connectivity index (χ3n) is 4.40. The molecule has 2 N–H and O–H groups in total. The van der Waals surface area contributed by atoms with Crippen molar-refractivity contribution in [2.75, 3.05) is 6.54 Å². The highest BCUT2D eigenvalue weighted by Gasteiger charge is 2.09. The van der Waals surface area contributed by atoms with E-state index < -0.39 is 0 Å². The summed E-state index contributed by atoms with van der Waals surface area (Å²) in [4.78, 5) is 3.31. The van der Waals surface area contributed by atoms with Crippen LogP contribution in [0.5, 0.6) is 0 Å². The third kappa shape index (κ3) is 4.50. The first kappa shape index (κ1) is 19.8. The standard InChI is InChI=1S/C21H18Cl2N2O.ClH/c22-15-5-7-18(19(23)11-15)21-8-6-16(26-21)13-24-10-9-14-12-25-20-4-2-1-3-17(14)20;/h1-8,11-12,24-25H,9-10,13H2;1H. The summed E-state index contributed by atoms with van der Waals surface area (Å²) in [5.74, 6) is 1.63. The lowest BCUT2D eigenvalue weighted by molar-refractivity contribution is 0.495. The van der Waals surface area contributed by atoms with E-state index in [1.54, 1.807) is 6.07 Å². The van der Waals surface area contributed by atoms with Crippen molar-refractivity contribution in [3.8, 4) is 11.3 Å². The second-order valence-corrected chi connectivity index (χ2v) is 7.02. The van der Waals surface area contributed by atoms with Crippen LogP contribution in [0.15, 0.2) is 65.2 Å². The Hall–Kier alpha value is -1.91. The summed E-state index contributed by atoms with van der Waals surface area (Å²) < 4.78 is 5.90. The molecule has 0 radical (unpaired) electrons. The molecular weight excluding hydrogens is 403 g/mol. The van der Waals surface area contributed by atoms with E-state index in [1.165, 1.54) is 16.5 Å². The molecule has 0 saturated carbocycles. The minimum absolute atomic E-state index is 0. The highest BCUT2D eigenvalue weighted by molar-refractivity contribution is 6.36. The number of aromatic amines is 1. The van der Waals surface area contributed by atoms with Gasteiger partial charge in [0.25, 0.3) is 0 Å². The molecule has 2 heterocycles. The Morgan fingerprint density at radius 1 is 1.00 bits per heavy atom. The van der Waals surface area contributed by atoms with Gasteiger partial charge in [0.1, 0.15) is 11.5 Å². The molecule has 0 aliphatic rings. The van der Waals surface area contributed by atoms with Crippen LogP contribution in [0.4, 0.5) is 0 Å². The van der Waals surface area contributed by atoms with Gasteiger partial charge in [0.15, 0.2) is 0 Å². The van der Waals surface area contributed by atoms with Crippen LogP contribution in [0.1, 0.15) is 11.3 Å². The van der Waals surface area contributed by atoms with E-state index in [-0.39, 0.29) is 12.4 Å². The quantitative estimate of drug-likeness (QED) is 0.349. The fraction of sp³-hybridized carbons (Fsp3) is 0.143. The minimum Gasteiger partial charge on any atom is -0.460 e. The molecule has 4 rings (SSSR count). The van der Waals surface area contributed by atoms with Gasteiger partial charge in [0.05, 0.1) is 11.6 Å². The molecule has 2 aromatic heterocycles. The molecular formula is C21H19Cl3N2O. The number of benzene rings is 2. The van der Waals surface area contributed by atoms with Gasteiger partial charge in [-0.2, -0.15) is 0 Å². The smallest absolute Gasteiger partial charge is 0.135 e. The molecule has 4 aromatic rings. The maximum absolute atomic E-state index is 6.24. The average molecular weight is 422 g/mol. The summed E-state index contributed by atoms with van der Waals surface area (Å²) in [5, 5.41) is 5.92. The van der Waals surface area contributed by atoms with Crippen LogP contribution in [0.25, 0.3) is 22.2 Å². The van der Waals surface area contributed by atoms with Crippen molar-refractivity contribution >= 4 is 46.5 Å². The van der Waals surface area contributed by atoms with Gasteiger partial charge in [-0.3, -0.25) is 0 Å². The number of hydrogen-bond acceptors (Lipinski definition) is 2. The Labute approximate surface area is 174 Å². The second kappa shape index (κ2) is 8.85. The van der Waals surface area contributed by atoms with Gasteiger partial charge in [-0.15, -0.1) is 12.4 Å². The van der Waals surface area contributed by atoms with Gasteiger partial charge in [-0.1, -0.05) is 41.4 Å². The van der Waals surface area contributed by atoms with Crippen molar-refractivity contribution in [1.82, 2.24) is 10.3 Å². The Kier molecular flexibility index (Phi) is 6.51. The number of hydrogen-bond donors (Lipinski definition) is 2. The van der Waals surface area contributed by atoms with Gasteiger partial charge < -0.3 is 14.7 Å². The SMILES string of the molecule is Cl.Clc1ccc(-c2ccc(CNCCc3c[nH]c4ccccc34)o2)c(Cl)c1. The molecule has 140 valence electrons. The van der Waals surface area contributed by atoms with Crippen LogP contribution in [-0.2, 0) is 13.0 Å². The summed E-state index contributed by atoms with van der Waals surface area (Å²) in [6.45, 7) is 1.55. The van der Waals surface area contributed by atoms with Gasteiger partial charge >= 0.3 is 0 Å². The minimum atomic E-state index is 0. The summed E-state index contributed by atoms with van der Waals surface area (Å²) in [5.41, 5.74) is 3.35. The number of nitrogens with one attached hydrogen (secondary N) is 2. The van der Waals surface area contributed by atoms with E-state index in [0.717, 1.165) is 30.0 Å². The maximum Gasteiger partial charge on any atom is 0.135 e. The molecule has 0 amide bonds. The van der Waals surface area contributed by atoms with E-state index in [9.17, 15) is 0 Å². The van der Waals surface area contributed by atoms with Gasteiger partial charge in [0.2, 0.25) is 0 Å². The topological polar surface area (TPSA) is 41.0 Å². The van der Waals surface area contributed by atoms with Gasteiger partial charge in [0, 0.05) is 27.7 Å². The number of halogens is 3. The largest absolute Gasteiger partial charge is 0.460 e. The number of para-hydroxylation sites is 1. The summed E-state index contributed by atoms with van der Waals surface area (Å²) in [7, 11) is 0. The van der Waals surface area contributed by atoms with Crippen LogP contribution in [0, 0.1) is 0 Å². The fourth-order valence-corrected chi connectivity index (χ4v) is 3.58. The number of fused-ring (bicyclic) bond motifs is 1. The van der Waals surface area contributed by atoms with Crippen molar-refractivity contribution in [3.05, 3.63) is 82.2 Å². The molecule has 0 fully saturated rings. The van der Waals surface area contributed by atoms with E-state index in [1.807, 2.05) is 30.3 Å². The van der Waals surface area contributed by atoms with E-state index >= 15 is 0 Å². The van der Waals surface area contributed by atoms with Crippen molar-refractivity contribution in [2.24, 2.45) is 0 Å². The predicted molar refractivity (Wildman–Crippen MR) is 115 cm³/mol. The second-order valence-electron chi connectivity index (χ2n) is 6.18. The molecule has 0 saturated heterocycles. The molecule has 0 aliphatic carbocycles. The molecule has 0 unspecified atom stereocenters. The van der Waals surface area contributed by atoms with Crippen LogP contribution >= 0.6 is 35.6 Å². The molecule has 27 heavy (non-hydrogen) atoms. The van der Waals surface area contributed by atoms with Crippen molar-refractivity contribution < 1.29 is 4.42 Å². The van der Waals surface area contributed by atoms with E-state index in [2.05, 4.69) is 34.7 Å². The Morgan fingerprint density at radius 2 is 1.85 bits per heavy atom. The third-order valence-corrected chi connectivity index (χ3v) is 4.95. The number of rotatable bonds is 6. The van der Waals surface area contributed by atoms with Crippen LogP contribution in [0.2, 0.25) is 10.0 Å². The van der Waals surface area contributed by atoms with Gasteiger partial charge in [-0.25, -0.2) is 0 Å². The number of aromatic nitrogens is 1. The fourth-order valence-electron chi connectivity index (χ4n) is 3.08. The monoisotopic (exact) mass is 420 g/mol. The Balaban J connectivity index is 0.00000210. The highest BCUT2D eigenvalue weighted by Crippen LogP contribution is 2.31. The first-order valence-corrected chi connectivity index (χ1v) is 9.26. The normalized spacial score (nSPS) is 10.9. The zero-order valence-electron chi connectivity index (χ0n) is 14.5. The molecule has 0 atom stereocenters. The summed E-state index contributed by atoms with van der Waals surface area (Å²) >= 11 is 12.2. The molecule has 2 aromatic carbocycles. The van der Waals surface area contributed by atoms with Crippen LogP contribution in [0.3, 0.4) is 0 Å². The van der Waals surface area contributed by atoms with Crippen LogP contribution < -0.4 is 5.32 Å². The predicted octanol–water partition coefficient (Wildman–Crippen LogP) is 6.49. The number of H-pyrrole nitrogens is 1. The van der Waals surface area contributed by atoms with E-state index in [4.69, 9.17) is 27.6 Å². The Morgan fingerprint density at radius 3 is 2.70 bits per heavy atom. The molecule has 0 spiro atoms. The molecule has 0 bridgehead atoms. The highest BCUT2D eigenvalue weighted by atomic mass is 35.5. The lowest BCUT2D eigenvalue weighted by Crippen LogP contribution is -2.16. The summed E-state index contributed by atoms with van der Waals surface area (Å²) in [6, 6.07) is 17.7. The van der Waals surface area contributed by atoms with Crippen molar-refractivity contribution in [2.45, 2.75) is 13.0 Å². The van der Waals surface area contributed by atoms with Gasteiger partial charge in [-0.05, 0) is 54.9 Å². The van der Waals surface area contributed by atoms with Crippen molar-refractivity contribution in [1.29, 1.82) is 0 Å². The lowest BCUT2D eigenvalue weighted by Gasteiger charge is -2.03. The first-order valence-electron chi connectivity index (χ1n) is 8.50. The molecule has 0 aliphatic heterocycles. The first-order chi connectivity index (χ1) is 12.7. The molecule has 6 heteroatoms. The molecule has 3 nitrogen and oxygen atoms in total. The zero-order valence-corrected chi connectivity index (χ0v) is 16.8. The lowest BCUT2D eigenvalue weighted by atomic mass is 10.1. The zero-order chi connectivity index (χ0) is 17.9. The average Bonchev–Trinajstić information content (AvgIpc) is 3.26. The van der Waals surface area contributed by atoms with E-state index in [0.29, 0.717) is 16.6 Å². The van der Waals surface area contributed by atoms with Crippen LogP contribution in [-0.4, -0.2) is 11.5 Å². The summed E-state index contributed by atoms with van der Waals surface area (Å²) in [6.07, 6.45) is 3.04. The van der Waals surface area contributed by atoms with Crippen molar-refractivity contribution in [3.63, 3.8) is 0 Å². The number of furan rings is 1. The maximum atomic E-state index is 6.24.